The maximum Gasteiger partial charge on any atom is 0.339 e. The molecule has 138 valence electrons. The number of anilines is 1. The predicted molar refractivity (Wildman–Crippen MR) is 102 cm³/mol. The van der Waals surface area contributed by atoms with Crippen LogP contribution in [-0.4, -0.2) is 29.8 Å². The first-order valence-electron chi connectivity index (χ1n) is 8.54. The van der Waals surface area contributed by atoms with Crippen LogP contribution in [0, 0.1) is 0 Å². The van der Waals surface area contributed by atoms with Gasteiger partial charge in [-0.25, -0.2) is 4.79 Å². The average molecular weight is 364 g/mol. The fourth-order valence-corrected chi connectivity index (χ4v) is 3.17. The third kappa shape index (κ3) is 3.89. The van der Waals surface area contributed by atoms with E-state index >= 15 is 0 Å². The van der Waals surface area contributed by atoms with Crippen LogP contribution >= 0.6 is 0 Å². The predicted octanol–water partition coefficient (Wildman–Crippen LogP) is 3.38. The molecule has 0 saturated carbocycles. The van der Waals surface area contributed by atoms with Crippen molar-refractivity contribution in [2.75, 3.05) is 12.4 Å². The number of rotatable bonds is 4. The number of ether oxygens (including phenoxy) is 1. The van der Waals surface area contributed by atoms with E-state index in [-0.39, 0.29) is 23.8 Å². The second-order valence-corrected chi connectivity index (χ2v) is 6.18. The molecule has 0 spiro atoms. The van der Waals surface area contributed by atoms with Crippen LogP contribution in [-0.2, 0) is 14.3 Å². The molecule has 2 aromatic carbocycles. The van der Waals surface area contributed by atoms with Crippen LogP contribution in [0.3, 0.4) is 0 Å². The van der Waals surface area contributed by atoms with Crippen LogP contribution in [0.1, 0.15) is 40.9 Å². The number of nitrogens with one attached hydrogen (secondary N) is 1. The number of amides is 2. The molecule has 1 heterocycles. The van der Waals surface area contributed by atoms with E-state index in [0.717, 1.165) is 11.1 Å². The monoisotopic (exact) mass is 364 g/mol. The molecule has 27 heavy (non-hydrogen) atoms. The Hall–Kier alpha value is -3.41. The van der Waals surface area contributed by atoms with E-state index in [2.05, 4.69) is 5.32 Å². The van der Waals surface area contributed by atoms with Gasteiger partial charge in [-0.1, -0.05) is 36.4 Å². The minimum atomic E-state index is -0.526. The zero-order chi connectivity index (χ0) is 19.4. The molecule has 6 heteroatoms. The first kappa shape index (κ1) is 18.4. The number of carbonyl (C=O) groups excluding carboxylic acids is 3. The number of carbonyl (C=O) groups is 3. The Bertz CT molecular complexity index is 920. The van der Waals surface area contributed by atoms with Gasteiger partial charge in [-0.15, -0.1) is 0 Å². The van der Waals surface area contributed by atoms with E-state index in [1.165, 1.54) is 14.0 Å². The summed E-state index contributed by atoms with van der Waals surface area (Å²) in [4.78, 5) is 38.1. The van der Waals surface area contributed by atoms with Crippen molar-refractivity contribution in [1.29, 1.82) is 0 Å². The van der Waals surface area contributed by atoms with E-state index in [0.29, 0.717) is 5.69 Å². The molecule has 2 aromatic rings. The molecule has 2 amide bonds. The Labute approximate surface area is 157 Å². The number of methoxy groups -OCH3 is 1. The number of esters is 1. The minimum absolute atomic E-state index is 0.0659. The molecular weight excluding hydrogens is 344 g/mol. The average Bonchev–Trinajstić information content (AvgIpc) is 2.67. The van der Waals surface area contributed by atoms with Gasteiger partial charge in [0.1, 0.15) is 0 Å². The van der Waals surface area contributed by atoms with Crippen LogP contribution in [0.15, 0.2) is 54.7 Å². The van der Waals surface area contributed by atoms with Crippen LogP contribution in [0.2, 0.25) is 0 Å². The summed E-state index contributed by atoms with van der Waals surface area (Å²) >= 11 is 0. The van der Waals surface area contributed by atoms with Crippen LogP contribution < -0.4 is 5.32 Å². The Morgan fingerprint density at radius 1 is 1.07 bits per heavy atom. The highest BCUT2D eigenvalue weighted by Crippen LogP contribution is 2.33. The normalized spacial score (nSPS) is 15.0. The van der Waals surface area contributed by atoms with E-state index in [1.807, 2.05) is 30.3 Å². The Morgan fingerprint density at radius 3 is 2.52 bits per heavy atom. The largest absolute Gasteiger partial charge is 0.465 e. The molecule has 0 radical (unpaired) electrons. The van der Waals surface area contributed by atoms with Gasteiger partial charge in [0.2, 0.25) is 11.8 Å². The molecule has 1 N–H and O–H groups in total. The summed E-state index contributed by atoms with van der Waals surface area (Å²) < 4.78 is 4.75. The van der Waals surface area contributed by atoms with Gasteiger partial charge in [0, 0.05) is 13.1 Å². The first-order chi connectivity index (χ1) is 13.0. The Morgan fingerprint density at radius 2 is 1.78 bits per heavy atom. The van der Waals surface area contributed by atoms with Crippen molar-refractivity contribution in [3.05, 3.63) is 71.4 Å². The van der Waals surface area contributed by atoms with Gasteiger partial charge in [0.25, 0.3) is 0 Å². The summed E-state index contributed by atoms with van der Waals surface area (Å²) in [5.74, 6) is -0.969. The van der Waals surface area contributed by atoms with Gasteiger partial charge in [-0.3, -0.25) is 9.59 Å². The first-order valence-corrected chi connectivity index (χ1v) is 8.54. The Balaban J connectivity index is 1.84. The molecule has 1 atom stereocenters. The van der Waals surface area contributed by atoms with Gasteiger partial charge in [-0.2, -0.15) is 0 Å². The maximum atomic E-state index is 12.7. The van der Waals surface area contributed by atoms with Crippen molar-refractivity contribution in [2.24, 2.45) is 0 Å². The molecule has 0 saturated heterocycles. The number of fused-ring (bicyclic) bond motifs is 1. The quantitative estimate of drug-likeness (QED) is 0.844. The standard InChI is InChI=1S/C21H20N2O4/c1-14(24)23-12-11-15-7-3-4-8-16(15)19(23)13-20(25)22-18-10-6-5-9-17(18)21(26)27-2/h3-12,19H,13H2,1-2H3,(H,22,25). The lowest BCUT2D eigenvalue weighted by Gasteiger charge is -2.32. The van der Waals surface area contributed by atoms with Gasteiger partial charge in [0.05, 0.1) is 30.8 Å². The highest BCUT2D eigenvalue weighted by molar-refractivity contribution is 6.01. The zero-order valence-electron chi connectivity index (χ0n) is 15.1. The summed E-state index contributed by atoms with van der Waals surface area (Å²) in [6.07, 6.45) is 3.62. The highest BCUT2D eigenvalue weighted by Gasteiger charge is 2.28. The van der Waals surface area contributed by atoms with Gasteiger partial charge < -0.3 is 15.0 Å². The van der Waals surface area contributed by atoms with Gasteiger partial charge >= 0.3 is 5.97 Å². The lowest BCUT2D eigenvalue weighted by Crippen LogP contribution is -2.33. The summed E-state index contributed by atoms with van der Waals surface area (Å²) in [5, 5.41) is 2.76. The lowest BCUT2D eigenvalue weighted by atomic mass is 9.93. The SMILES string of the molecule is COC(=O)c1ccccc1NC(=O)CC1c2ccccc2C=CN1C(C)=O. The minimum Gasteiger partial charge on any atom is -0.465 e. The van der Waals surface area contributed by atoms with Crippen molar-refractivity contribution in [3.8, 4) is 0 Å². The third-order valence-electron chi connectivity index (χ3n) is 4.45. The molecule has 1 aliphatic rings. The number of hydrogen-bond acceptors (Lipinski definition) is 4. The molecule has 0 bridgehead atoms. The number of para-hydroxylation sites is 1. The molecule has 0 fully saturated rings. The van der Waals surface area contributed by atoms with E-state index in [4.69, 9.17) is 4.74 Å². The van der Waals surface area contributed by atoms with Gasteiger partial charge in [0.15, 0.2) is 0 Å². The molecule has 1 aliphatic heterocycles. The maximum absolute atomic E-state index is 12.7. The molecule has 3 rings (SSSR count). The smallest absolute Gasteiger partial charge is 0.339 e. The topological polar surface area (TPSA) is 75.7 Å². The van der Waals surface area contributed by atoms with Gasteiger partial charge in [-0.05, 0) is 29.3 Å². The fraction of sp³-hybridized carbons (Fsp3) is 0.190. The van der Waals surface area contributed by atoms with E-state index in [1.54, 1.807) is 35.4 Å². The molecule has 0 aromatic heterocycles. The molecular formula is C21H20N2O4. The summed E-state index contributed by atoms with van der Waals surface area (Å²) in [6, 6.07) is 13.9. The van der Waals surface area contributed by atoms with Crippen LogP contribution in [0.4, 0.5) is 5.69 Å². The van der Waals surface area contributed by atoms with Crippen molar-refractivity contribution in [3.63, 3.8) is 0 Å². The van der Waals surface area contributed by atoms with Crippen molar-refractivity contribution < 1.29 is 19.1 Å². The third-order valence-corrected chi connectivity index (χ3v) is 4.45. The zero-order valence-corrected chi connectivity index (χ0v) is 15.1. The van der Waals surface area contributed by atoms with E-state index in [9.17, 15) is 14.4 Å². The number of benzene rings is 2. The van der Waals surface area contributed by atoms with E-state index < -0.39 is 12.0 Å². The number of hydrogen-bond donors (Lipinski definition) is 1. The number of nitrogens with zero attached hydrogens (tertiary/aromatic N) is 1. The highest BCUT2D eigenvalue weighted by atomic mass is 16.5. The summed E-state index contributed by atoms with van der Waals surface area (Å²) in [7, 11) is 1.29. The van der Waals surface area contributed by atoms with Crippen LogP contribution in [0.25, 0.3) is 6.08 Å². The molecule has 0 aliphatic carbocycles. The summed E-state index contributed by atoms with van der Waals surface area (Å²) in [5.41, 5.74) is 2.54. The summed E-state index contributed by atoms with van der Waals surface area (Å²) in [6.45, 7) is 1.47. The van der Waals surface area contributed by atoms with Crippen LogP contribution in [0.5, 0.6) is 0 Å². The lowest BCUT2D eigenvalue weighted by molar-refractivity contribution is -0.129. The van der Waals surface area contributed by atoms with Crippen molar-refractivity contribution in [2.45, 2.75) is 19.4 Å². The molecule has 6 nitrogen and oxygen atoms in total. The second kappa shape index (κ2) is 7.86. The van der Waals surface area contributed by atoms with Crippen molar-refractivity contribution >= 4 is 29.5 Å². The van der Waals surface area contributed by atoms with Crippen molar-refractivity contribution in [1.82, 2.24) is 4.90 Å². The molecule has 1 unspecified atom stereocenters. The Kier molecular flexibility index (Phi) is 5.35. The second-order valence-electron chi connectivity index (χ2n) is 6.18. The fourth-order valence-electron chi connectivity index (χ4n) is 3.17.